The maximum atomic E-state index is 11.3. The summed E-state index contributed by atoms with van der Waals surface area (Å²) in [5.41, 5.74) is -0.467. The lowest BCUT2D eigenvalue weighted by molar-refractivity contribution is -0.364. The van der Waals surface area contributed by atoms with E-state index in [4.69, 9.17) is 14.2 Å². The van der Waals surface area contributed by atoms with Crippen LogP contribution in [0.2, 0.25) is 0 Å². The lowest BCUT2D eigenvalue weighted by Crippen LogP contribution is -2.30. The first-order chi connectivity index (χ1) is 9.01. The second kappa shape index (κ2) is 7.86. The van der Waals surface area contributed by atoms with Crippen molar-refractivity contribution in [2.75, 3.05) is 0 Å². The third-order valence-corrected chi connectivity index (χ3v) is 1.64. The van der Waals surface area contributed by atoms with E-state index in [2.05, 4.69) is 16.4 Å². The third kappa shape index (κ3) is 9.35. The number of rotatable bonds is 6. The van der Waals surface area contributed by atoms with Gasteiger partial charge < -0.3 is 14.2 Å². The quantitative estimate of drug-likeness (QED) is 0.244. The molecule has 20 heavy (non-hydrogen) atoms. The largest absolute Gasteiger partial charge is 0.511 e. The fraction of sp³-hybridized carbons (Fsp3) is 0.692. The highest BCUT2D eigenvalue weighted by Crippen LogP contribution is 2.10. The Bertz CT molecular complexity index is 356. The maximum absolute atomic E-state index is 11.3. The number of hydrogen-bond acceptors (Lipinski definition) is 7. The summed E-state index contributed by atoms with van der Waals surface area (Å²) in [4.78, 5) is 31.5. The Balaban J connectivity index is 4.02. The van der Waals surface area contributed by atoms with E-state index in [0.29, 0.717) is 0 Å². The van der Waals surface area contributed by atoms with Gasteiger partial charge in [0.25, 0.3) is 0 Å². The van der Waals surface area contributed by atoms with Gasteiger partial charge in [0.05, 0.1) is 0 Å². The molecular weight excluding hydrogens is 268 g/mol. The highest BCUT2D eigenvalue weighted by atomic mass is 17.2. The Labute approximate surface area is 118 Å². The summed E-state index contributed by atoms with van der Waals surface area (Å²) >= 11 is 0. The molecule has 0 aromatic carbocycles. The van der Waals surface area contributed by atoms with Crippen molar-refractivity contribution in [3.8, 4) is 0 Å². The first-order valence-electron chi connectivity index (χ1n) is 6.09. The van der Waals surface area contributed by atoms with Crippen LogP contribution in [0.3, 0.4) is 0 Å². The van der Waals surface area contributed by atoms with Crippen molar-refractivity contribution < 1.29 is 33.6 Å². The van der Waals surface area contributed by atoms with Gasteiger partial charge in [-0.25, -0.2) is 9.59 Å². The van der Waals surface area contributed by atoms with Crippen LogP contribution in [0.25, 0.3) is 0 Å². The van der Waals surface area contributed by atoms with Crippen molar-refractivity contribution in [3.63, 3.8) is 0 Å². The summed E-state index contributed by atoms with van der Waals surface area (Å²) in [6.07, 6.45) is -2.71. The minimum absolute atomic E-state index is 0.190. The van der Waals surface area contributed by atoms with Gasteiger partial charge in [0, 0.05) is 5.57 Å². The summed E-state index contributed by atoms with van der Waals surface area (Å²) in [5.74, 6) is -0.707. The molecule has 0 aromatic rings. The molecule has 7 nitrogen and oxygen atoms in total. The van der Waals surface area contributed by atoms with E-state index in [1.807, 2.05) is 0 Å². The van der Waals surface area contributed by atoms with Crippen LogP contribution in [0.5, 0.6) is 0 Å². The standard InChI is InChI=1S/C13H22O7/c1-8(2)11(14)20-19-10(4)16-9(3)17-12(15)18-13(5,6)7/h9-10H,1H2,2-7H3. The summed E-state index contributed by atoms with van der Waals surface area (Å²) < 4.78 is 14.9. The average molecular weight is 290 g/mol. The van der Waals surface area contributed by atoms with Gasteiger partial charge in [0.15, 0.2) is 0 Å². The Morgan fingerprint density at radius 2 is 1.65 bits per heavy atom. The van der Waals surface area contributed by atoms with E-state index in [1.54, 1.807) is 20.8 Å². The Hall–Kier alpha value is -1.60. The number of hydrogen-bond donors (Lipinski definition) is 0. The molecule has 0 saturated carbocycles. The summed E-state index contributed by atoms with van der Waals surface area (Å²) in [7, 11) is 0. The summed E-state index contributed by atoms with van der Waals surface area (Å²) in [6, 6.07) is 0. The molecule has 0 aliphatic carbocycles. The SMILES string of the molecule is C=C(C)C(=O)OOC(C)OC(C)OC(=O)OC(C)(C)C. The van der Waals surface area contributed by atoms with Crippen molar-refractivity contribution in [2.24, 2.45) is 0 Å². The van der Waals surface area contributed by atoms with E-state index >= 15 is 0 Å². The number of carbonyl (C=O) groups is 2. The topological polar surface area (TPSA) is 80.3 Å². The second-order valence-corrected chi connectivity index (χ2v) is 5.10. The monoisotopic (exact) mass is 290 g/mol. The first kappa shape index (κ1) is 18.4. The molecule has 116 valence electrons. The molecule has 0 N–H and O–H groups in total. The third-order valence-electron chi connectivity index (χ3n) is 1.64. The van der Waals surface area contributed by atoms with Crippen LogP contribution in [0.1, 0.15) is 41.5 Å². The van der Waals surface area contributed by atoms with Gasteiger partial charge in [-0.3, -0.25) is 4.89 Å². The molecule has 0 aliphatic rings. The molecule has 0 radical (unpaired) electrons. The van der Waals surface area contributed by atoms with Crippen LogP contribution in [0.15, 0.2) is 12.2 Å². The molecule has 2 atom stereocenters. The van der Waals surface area contributed by atoms with E-state index in [9.17, 15) is 9.59 Å². The molecule has 0 amide bonds. The van der Waals surface area contributed by atoms with E-state index in [0.717, 1.165) is 0 Å². The van der Waals surface area contributed by atoms with Crippen molar-refractivity contribution in [1.29, 1.82) is 0 Å². The minimum atomic E-state index is -0.927. The zero-order chi connectivity index (χ0) is 15.9. The van der Waals surface area contributed by atoms with Crippen LogP contribution in [0, 0.1) is 0 Å². The van der Waals surface area contributed by atoms with Crippen LogP contribution in [-0.2, 0) is 28.8 Å². The van der Waals surface area contributed by atoms with Gasteiger partial charge in [-0.2, -0.15) is 4.89 Å². The van der Waals surface area contributed by atoms with Gasteiger partial charge in [0.1, 0.15) is 5.60 Å². The van der Waals surface area contributed by atoms with Crippen molar-refractivity contribution in [1.82, 2.24) is 0 Å². The number of ether oxygens (including phenoxy) is 3. The highest BCUT2D eigenvalue weighted by Gasteiger charge is 2.21. The van der Waals surface area contributed by atoms with Crippen molar-refractivity contribution in [3.05, 3.63) is 12.2 Å². The molecule has 2 unspecified atom stereocenters. The van der Waals surface area contributed by atoms with Gasteiger partial charge in [-0.05, 0) is 41.5 Å². The molecule has 0 heterocycles. The van der Waals surface area contributed by atoms with Crippen molar-refractivity contribution in [2.45, 2.75) is 59.7 Å². The molecule has 7 heteroatoms. The normalized spacial score (nSPS) is 14.1. The molecule has 0 saturated heterocycles. The molecule has 0 aliphatic heterocycles. The van der Waals surface area contributed by atoms with Gasteiger partial charge in [0.2, 0.25) is 12.6 Å². The van der Waals surface area contributed by atoms with Gasteiger partial charge in [-0.15, -0.1) is 0 Å². The van der Waals surface area contributed by atoms with Gasteiger partial charge in [-0.1, -0.05) is 6.58 Å². The predicted molar refractivity (Wildman–Crippen MR) is 69.3 cm³/mol. The predicted octanol–water partition coefficient (Wildman–Crippen LogP) is 2.70. The molecular formula is C13H22O7. The number of carbonyl (C=O) groups excluding carboxylic acids is 2. The summed E-state index contributed by atoms with van der Waals surface area (Å²) in [6.45, 7) is 12.9. The zero-order valence-corrected chi connectivity index (χ0v) is 12.7. The van der Waals surface area contributed by atoms with Crippen LogP contribution in [-0.4, -0.2) is 30.3 Å². The average Bonchev–Trinajstić information content (AvgIpc) is 2.22. The Morgan fingerprint density at radius 1 is 1.10 bits per heavy atom. The first-order valence-corrected chi connectivity index (χ1v) is 6.09. The zero-order valence-electron chi connectivity index (χ0n) is 12.7. The maximum Gasteiger partial charge on any atom is 0.511 e. The lowest BCUT2D eigenvalue weighted by Gasteiger charge is -2.22. The minimum Gasteiger partial charge on any atom is -0.429 e. The molecule has 0 rings (SSSR count). The van der Waals surface area contributed by atoms with Crippen molar-refractivity contribution >= 4 is 12.1 Å². The molecule has 0 fully saturated rings. The summed E-state index contributed by atoms with van der Waals surface area (Å²) in [5, 5.41) is 0. The molecule has 0 aromatic heterocycles. The van der Waals surface area contributed by atoms with Gasteiger partial charge >= 0.3 is 12.1 Å². The molecule has 0 bridgehead atoms. The highest BCUT2D eigenvalue weighted by molar-refractivity contribution is 5.86. The van der Waals surface area contributed by atoms with Crippen LogP contribution >= 0.6 is 0 Å². The Kier molecular flexibility index (Phi) is 7.23. The van der Waals surface area contributed by atoms with E-state index in [-0.39, 0.29) is 5.57 Å². The fourth-order valence-corrected chi connectivity index (χ4v) is 0.912. The van der Waals surface area contributed by atoms with E-state index in [1.165, 1.54) is 20.8 Å². The second-order valence-electron chi connectivity index (χ2n) is 5.10. The lowest BCUT2D eigenvalue weighted by atomic mass is 10.2. The van der Waals surface area contributed by atoms with E-state index < -0.39 is 30.3 Å². The Morgan fingerprint density at radius 3 is 2.10 bits per heavy atom. The molecule has 0 spiro atoms. The van der Waals surface area contributed by atoms with Crippen LogP contribution < -0.4 is 0 Å². The fourth-order valence-electron chi connectivity index (χ4n) is 0.912. The van der Waals surface area contributed by atoms with Crippen LogP contribution in [0.4, 0.5) is 4.79 Å². The smallest absolute Gasteiger partial charge is 0.429 e.